The summed E-state index contributed by atoms with van der Waals surface area (Å²) in [5, 5.41) is 9.21. The topological polar surface area (TPSA) is 40.5 Å². The number of halogens is 1. The Labute approximate surface area is 119 Å². The van der Waals surface area contributed by atoms with Crippen LogP contribution in [0.3, 0.4) is 0 Å². The third-order valence-corrected chi connectivity index (χ3v) is 3.99. The predicted molar refractivity (Wildman–Crippen MR) is 75.7 cm³/mol. The Hall–Kier alpha value is -1.42. The summed E-state index contributed by atoms with van der Waals surface area (Å²) in [5.41, 5.74) is 0.587. The van der Waals surface area contributed by atoms with E-state index < -0.39 is 0 Å². The zero-order valence-corrected chi connectivity index (χ0v) is 11.9. The standard InChI is InChI=1S/C16H22FNO2/c1-12(9-14-6-2-3-7-15(14)17)16(20)18-8-4-5-13(10-18)11-19/h2-3,6-7,12-13,19H,4-5,8-11H2,1H3. The molecule has 2 rings (SSSR count). The van der Waals surface area contributed by atoms with E-state index >= 15 is 0 Å². The molecule has 1 N–H and O–H groups in total. The van der Waals surface area contributed by atoms with Gasteiger partial charge in [-0.05, 0) is 36.8 Å². The SMILES string of the molecule is CC(Cc1ccccc1F)C(=O)N1CCCC(CO)C1. The van der Waals surface area contributed by atoms with Gasteiger partial charge in [-0.1, -0.05) is 25.1 Å². The summed E-state index contributed by atoms with van der Waals surface area (Å²) in [6.07, 6.45) is 2.33. The number of hydrogen-bond donors (Lipinski definition) is 1. The Morgan fingerprint density at radius 3 is 2.95 bits per heavy atom. The van der Waals surface area contributed by atoms with Crippen LogP contribution in [-0.2, 0) is 11.2 Å². The molecule has 110 valence electrons. The Morgan fingerprint density at radius 2 is 2.25 bits per heavy atom. The van der Waals surface area contributed by atoms with E-state index in [1.54, 1.807) is 18.2 Å². The van der Waals surface area contributed by atoms with Crippen LogP contribution in [0.5, 0.6) is 0 Å². The largest absolute Gasteiger partial charge is 0.396 e. The van der Waals surface area contributed by atoms with Crippen molar-refractivity contribution in [2.45, 2.75) is 26.2 Å². The first-order valence-corrected chi connectivity index (χ1v) is 7.25. The molecule has 4 heteroatoms. The number of carbonyl (C=O) groups excluding carboxylic acids is 1. The first-order chi connectivity index (χ1) is 9.61. The van der Waals surface area contributed by atoms with Crippen LogP contribution in [0.25, 0.3) is 0 Å². The molecule has 2 atom stereocenters. The summed E-state index contributed by atoms with van der Waals surface area (Å²) in [5.74, 6) is -0.233. The van der Waals surface area contributed by atoms with E-state index in [1.165, 1.54) is 6.07 Å². The predicted octanol–water partition coefficient (Wildman–Crippen LogP) is 2.24. The number of hydrogen-bond acceptors (Lipinski definition) is 2. The Bertz CT molecular complexity index is 464. The van der Waals surface area contributed by atoms with E-state index in [2.05, 4.69) is 0 Å². The van der Waals surface area contributed by atoms with Crippen molar-refractivity contribution in [1.29, 1.82) is 0 Å². The molecule has 1 aromatic carbocycles. The number of likely N-dealkylation sites (tertiary alicyclic amines) is 1. The molecule has 1 aliphatic rings. The first-order valence-electron chi connectivity index (χ1n) is 7.25. The van der Waals surface area contributed by atoms with Crippen LogP contribution in [0.4, 0.5) is 4.39 Å². The van der Waals surface area contributed by atoms with E-state index in [0.717, 1.165) is 19.4 Å². The van der Waals surface area contributed by atoms with Crippen LogP contribution < -0.4 is 0 Å². The number of aliphatic hydroxyl groups is 1. The molecule has 0 saturated carbocycles. The van der Waals surface area contributed by atoms with Gasteiger partial charge in [-0.2, -0.15) is 0 Å². The summed E-state index contributed by atoms with van der Waals surface area (Å²) < 4.78 is 13.6. The highest BCUT2D eigenvalue weighted by Crippen LogP contribution is 2.20. The third kappa shape index (κ3) is 3.57. The molecule has 3 nitrogen and oxygen atoms in total. The van der Waals surface area contributed by atoms with Crippen LogP contribution in [0.1, 0.15) is 25.3 Å². The maximum absolute atomic E-state index is 13.6. The van der Waals surface area contributed by atoms with Gasteiger partial charge in [0.2, 0.25) is 5.91 Å². The van der Waals surface area contributed by atoms with Gasteiger partial charge in [0.25, 0.3) is 0 Å². The van der Waals surface area contributed by atoms with Crippen molar-refractivity contribution < 1.29 is 14.3 Å². The second-order valence-electron chi connectivity index (χ2n) is 5.67. The number of benzene rings is 1. The second kappa shape index (κ2) is 6.84. The fourth-order valence-corrected chi connectivity index (χ4v) is 2.81. The molecule has 20 heavy (non-hydrogen) atoms. The second-order valence-corrected chi connectivity index (χ2v) is 5.67. The molecule has 0 aliphatic carbocycles. The van der Waals surface area contributed by atoms with E-state index in [0.29, 0.717) is 18.5 Å². The van der Waals surface area contributed by atoms with Gasteiger partial charge in [0.15, 0.2) is 0 Å². The molecule has 1 amide bonds. The quantitative estimate of drug-likeness (QED) is 0.918. The summed E-state index contributed by atoms with van der Waals surface area (Å²) >= 11 is 0. The molecule has 0 bridgehead atoms. The molecule has 1 saturated heterocycles. The lowest BCUT2D eigenvalue weighted by molar-refractivity contribution is -0.137. The minimum Gasteiger partial charge on any atom is -0.396 e. The van der Waals surface area contributed by atoms with E-state index in [9.17, 15) is 14.3 Å². The van der Waals surface area contributed by atoms with Crippen molar-refractivity contribution in [1.82, 2.24) is 4.90 Å². The summed E-state index contributed by atoms with van der Waals surface area (Å²) in [6.45, 7) is 3.34. The van der Waals surface area contributed by atoms with Crippen LogP contribution >= 0.6 is 0 Å². The Kier molecular flexibility index (Phi) is 5.12. The zero-order valence-electron chi connectivity index (χ0n) is 11.9. The Morgan fingerprint density at radius 1 is 1.50 bits per heavy atom. The summed E-state index contributed by atoms with van der Waals surface area (Å²) in [6, 6.07) is 6.60. The summed E-state index contributed by atoms with van der Waals surface area (Å²) in [7, 11) is 0. The van der Waals surface area contributed by atoms with Crippen molar-refractivity contribution in [3.63, 3.8) is 0 Å². The maximum Gasteiger partial charge on any atom is 0.225 e. The van der Waals surface area contributed by atoms with Crippen LogP contribution in [0.15, 0.2) is 24.3 Å². The number of aliphatic hydroxyl groups excluding tert-OH is 1. The van der Waals surface area contributed by atoms with Crippen LogP contribution in [0, 0.1) is 17.7 Å². The number of amides is 1. The average molecular weight is 279 g/mol. The lowest BCUT2D eigenvalue weighted by Gasteiger charge is -2.33. The fourth-order valence-electron chi connectivity index (χ4n) is 2.81. The van der Waals surface area contributed by atoms with E-state index in [4.69, 9.17) is 0 Å². The number of carbonyl (C=O) groups is 1. The van der Waals surface area contributed by atoms with Crippen molar-refractivity contribution in [2.75, 3.05) is 19.7 Å². The maximum atomic E-state index is 13.6. The minimum atomic E-state index is -0.251. The molecule has 1 fully saturated rings. The first kappa shape index (κ1) is 15.0. The third-order valence-electron chi connectivity index (χ3n) is 3.99. The summed E-state index contributed by atoms with van der Waals surface area (Å²) in [4.78, 5) is 14.2. The molecule has 0 spiro atoms. The molecule has 0 radical (unpaired) electrons. The van der Waals surface area contributed by atoms with Crippen molar-refractivity contribution >= 4 is 5.91 Å². The van der Waals surface area contributed by atoms with Crippen LogP contribution in [-0.4, -0.2) is 35.6 Å². The Balaban J connectivity index is 1.96. The van der Waals surface area contributed by atoms with Gasteiger partial charge in [0.1, 0.15) is 5.82 Å². The molecular weight excluding hydrogens is 257 g/mol. The van der Waals surface area contributed by atoms with Crippen LogP contribution in [0.2, 0.25) is 0 Å². The van der Waals surface area contributed by atoms with Gasteiger partial charge in [-0.25, -0.2) is 4.39 Å². The number of nitrogens with zero attached hydrogens (tertiary/aromatic N) is 1. The average Bonchev–Trinajstić information content (AvgIpc) is 2.48. The normalized spacial score (nSPS) is 20.8. The van der Waals surface area contributed by atoms with E-state index in [-0.39, 0.29) is 30.2 Å². The van der Waals surface area contributed by atoms with Gasteiger partial charge in [-0.15, -0.1) is 0 Å². The van der Waals surface area contributed by atoms with Crippen molar-refractivity contribution in [2.24, 2.45) is 11.8 Å². The monoisotopic (exact) mass is 279 g/mol. The van der Waals surface area contributed by atoms with E-state index in [1.807, 2.05) is 11.8 Å². The lowest BCUT2D eigenvalue weighted by Crippen LogP contribution is -2.43. The van der Waals surface area contributed by atoms with Crippen molar-refractivity contribution in [3.8, 4) is 0 Å². The molecule has 2 unspecified atom stereocenters. The van der Waals surface area contributed by atoms with Gasteiger partial charge < -0.3 is 10.0 Å². The molecule has 1 heterocycles. The molecule has 1 aromatic rings. The highest BCUT2D eigenvalue weighted by molar-refractivity contribution is 5.78. The van der Waals surface area contributed by atoms with Gasteiger partial charge in [0, 0.05) is 25.6 Å². The highest BCUT2D eigenvalue weighted by atomic mass is 19.1. The molecule has 0 aromatic heterocycles. The highest BCUT2D eigenvalue weighted by Gasteiger charge is 2.26. The number of rotatable bonds is 4. The molecular formula is C16H22FNO2. The smallest absolute Gasteiger partial charge is 0.225 e. The fraction of sp³-hybridized carbons (Fsp3) is 0.562. The lowest BCUT2D eigenvalue weighted by atomic mass is 9.95. The van der Waals surface area contributed by atoms with Gasteiger partial charge >= 0.3 is 0 Å². The van der Waals surface area contributed by atoms with Gasteiger partial charge in [-0.3, -0.25) is 4.79 Å². The van der Waals surface area contributed by atoms with Crippen molar-refractivity contribution in [3.05, 3.63) is 35.6 Å². The van der Waals surface area contributed by atoms with Gasteiger partial charge in [0.05, 0.1) is 0 Å². The zero-order chi connectivity index (χ0) is 14.5. The molecule has 1 aliphatic heterocycles. The number of piperidine rings is 1. The minimum absolute atomic E-state index is 0.0615.